The number of morpholine rings is 1. The molecule has 0 bridgehead atoms. The molecular formula is C26H34N4O4. The number of amides is 1. The molecule has 3 saturated heterocycles. The highest BCUT2D eigenvalue weighted by Gasteiger charge is 2.38. The maximum atomic E-state index is 13.5. The third-order valence-corrected chi connectivity index (χ3v) is 7.30. The lowest BCUT2D eigenvalue weighted by Gasteiger charge is -2.44. The van der Waals surface area contributed by atoms with Crippen LogP contribution in [0.4, 0.5) is 0 Å². The number of rotatable bonds is 5. The monoisotopic (exact) mass is 466 g/mol. The van der Waals surface area contributed by atoms with Crippen LogP contribution < -0.4 is 4.74 Å². The fourth-order valence-electron chi connectivity index (χ4n) is 5.34. The van der Waals surface area contributed by atoms with E-state index in [-0.39, 0.29) is 17.9 Å². The van der Waals surface area contributed by atoms with Gasteiger partial charge in [0.05, 0.1) is 13.2 Å². The molecule has 8 heteroatoms. The quantitative estimate of drug-likeness (QED) is 0.670. The van der Waals surface area contributed by atoms with E-state index in [4.69, 9.17) is 14.2 Å². The summed E-state index contributed by atoms with van der Waals surface area (Å²) in [5.74, 6) is 1.77. The number of carbonyl (C=O) groups excluding carboxylic acids is 1. The first kappa shape index (κ1) is 23.2. The summed E-state index contributed by atoms with van der Waals surface area (Å²) in [7, 11) is 0. The van der Waals surface area contributed by atoms with Gasteiger partial charge in [-0.05, 0) is 44.2 Å². The van der Waals surface area contributed by atoms with Crippen molar-refractivity contribution in [1.82, 2.24) is 19.8 Å². The topological polar surface area (TPSA) is 77.0 Å². The van der Waals surface area contributed by atoms with Crippen molar-refractivity contribution in [3.8, 4) is 11.6 Å². The molecule has 3 aliphatic heterocycles. The highest BCUT2D eigenvalue weighted by Crippen LogP contribution is 2.34. The standard InChI is InChI=1S/C26H34N4O4/c1-19-4-2-3-5-23(19)34-25-24(27-10-11-28-25)20-6-12-29(13-7-20)26(31)22-18-33-17-14-30(22)21-8-15-32-16-9-21/h2-5,10-11,20-22H,6-9,12-18H2,1H3/t22-/m1/s1. The molecule has 0 saturated carbocycles. The lowest BCUT2D eigenvalue weighted by atomic mass is 9.92. The van der Waals surface area contributed by atoms with Gasteiger partial charge in [0.1, 0.15) is 17.5 Å². The van der Waals surface area contributed by atoms with E-state index in [0.29, 0.717) is 38.2 Å². The molecule has 1 atom stereocenters. The Labute approximate surface area is 201 Å². The number of para-hydroxylation sites is 1. The molecule has 5 rings (SSSR count). The molecule has 0 radical (unpaired) electrons. The summed E-state index contributed by atoms with van der Waals surface area (Å²) in [5.41, 5.74) is 1.94. The summed E-state index contributed by atoms with van der Waals surface area (Å²) in [4.78, 5) is 27.0. The highest BCUT2D eigenvalue weighted by molar-refractivity contribution is 5.82. The largest absolute Gasteiger partial charge is 0.437 e. The Morgan fingerprint density at radius 1 is 0.971 bits per heavy atom. The summed E-state index contributed by atoms with van der Waals surface area (Å²) >= 11 is 0. The lowest BCUT2D eigenvalue weighted by molar-refractivity contribution is -0.148. The van der Waals surface area contributed by atoms with E-state index in [1.807, 2.05) is 36.1 Å². The van der Waals surface area contributed by atoms with Gasteiger partial charge in [-0.3, -0.25) is 14.7 Å². The average molecular weight is 467 g/mol. The minimum atomic E-state index is -0.190. The van der Waals surface area contributed by atoms with Crippen molar-refractivity contribution >= 4 is 5.91 Å². The van der Waals surface area contributed by atoms with Gasteiger partial charge >= 0.3 is 0 Å². The van der Waals surface area contributed by atoms with Crippen molar-refractivity contribution in [3.63, 3.8) is 0 Å². The number of hydrogen-bond donors (Lipinski definition) is 0. The van der Waals surface area contributed by atoms with Gasteiger partial charge in [0.15, 0.2) is 0 Å². The summed E-state index contributed by atoms with van der Waals surface area (Å²) in [6.07, 6.45) is 7.07. The molecule has 34 heavy (non-hydrogen) atoms. The number of aryl methyl sites for hydroxylation is 1. The van der Waals surface area contributed by atoms with E-state index >= 15 is 0 Å². The first-order chi connectivity index (χ1) is 16.7. The van der Waals surface area contributed by atoms with Crippen LogP contribution in [0.25, 0.3) is 0 Å². The van der Waals surface area contributed by atoms with E-state index in [2.05, 4.69) is 14.9 Å². The number of ether oxygens (including phenoxy) is 3. The van der Waals surface area contributed by atoms with Gasteiger partial charge in [-0.15, -0.1) is 0 Å². The Hall–Kier alpha value is -2.55. The van der Waals surface area contributed by atoms with E-state index in [1.165, 1.54) is 0 Å². The summed E-state index contributed by atoms with van der Waals surface area (Å²) in [6.45, 7) is 6.99. The van der Waals surface area contributed by atoms with Crippen molar-refractivity contribution in [2.75, 3.05) is 46.1 Å². The number of likely N-dealkylation sites (tertiary alicyclic amines) is 1. The number of hydrogen-bond acceptors (Lipinski definition) is 7. The third kappa shape index (κ3) is 5.09. The van der Waals surface area contributed by atoms with Crippen LogP contribution in [0.2, 0.25) is 0 Å². The Morgan fingerprint density at radius 2 is 1.74 bits per heavy atom. The molecule has 0 N–H and O–H groups in total. The molecule has 1 aromatic heterocycles. The van der Waals surface area contributed by atoms with Crippen LogP contribution in [0.1, 0.15) is 42.9 Å². The predicted molar refractivity (Wildman–Crippen MR) is 127 cm³/mol. The van der Waals surface area contributed by atoms with Gasteiger partial charge < -0.3 is 19.1 Å². The zero-order valence-electron chi connectivity index (χ0n) is 19.9. The second kappa shape index (κ2) is 10.8. The number of piperidine rings is 1. The number of carbonyl (C=O) groups is 1. The van der Waals surface area contributed by atoms with E-state index in [0.717, 1.165) is 62.4 Å². The van der Waals surface area contributed by atoms with E-state index < -0.39 is 0 Å². The zero-order valence-corrected chi connectivity index (χ0v) is 19.9. The SMILES string of the molecule is Cc1ccccc1Oc1nccnc1C1CCN(C(=O)[C@H]2COCCN2C2CCOCC2)CC1. The molecule has 3 fully saturated rings. The lowest BCUT2D eigenvalue weighted by Crippen LogP contribution is -2.59. The summed E-state index contributed by atoms with van der Waals surface area (Å²) in [6, 6.07) is 8.14. The first-order valence-corrected chi connectivity index (χ1v) is 12.4. The fourth-order valence-corrected chi connectivity index (χ4v) is 5.34. The summed E-state index contributed by atoms with van der Waals surface area (Å²) < 4.78 is 17.4. The number of nitrogens with zero attached hydrogens (tertiary/aromatic N) is 4. The highest BCUT2D eigenvalue weighted by atomic mass is 16.5. The molecule has 1 amide bonds. The number of benzene rings is 1. The molecule has 182 valence electrons. The van der Waals surface area contributed by atoms with Crippen molar-refractivity contribution in [3.05, 3.63) is 47.9 Å². The van der Waals surface area contributed by atoms with Crippen molar-refractivity contribution < 1.29 is 19.0 Å². The van der Waals surface area contributed by atoms with Crippen molar-refractivity contribution in [2.45, 2.75) is 50.6 Å². The van der Waals surface area contributed by atoms with Gasteiger partial charge in [0, 0.05) is 57.2 Å². The zero-order chi connectivity index (χ0) is 23.3. The Morgan fingerprint density at radius 3 is 2.53 bits per heavy atom. The van der Waals surface area contributed by atoms with Crippen LogP contribution in [0.5, 0.6) is 11.6 Å². The van der Waals surface area contributed by atoms with Crippen molar-refractivity contribution in [2.24, 2.45) is 0 Å². The maximum absolute atomic E-state index is 13.5. The molecule has 1 aromatic carbocycles. The van der Waals surface area contributed by atoms with Gasteiger partial charge in [0.2, 0.25) is 11.8 Å². The molecule has 8 nitrogen and oxygen atoms in total. The van der Waals surface area contributed by atoms with E-state index in [9.17, 15) is 4.79 Å². The van der Waals surface area contributed by atoms with Crippen LogP contribution in [0.15, 0.2) is 36.7 Å². The van der Waals surface area contributed by atoms with Crippen LogP contribution in [0.3, 0.4) is 0 Å². The molecule has 0 spiro atoms. The Bertz CT molecular complexity index is 973. The minimum absolute atomic E-state index is 0.190. The normalized spacial score (nSPS) is 23.1. The smallest absolute Gasteiger partial charge is 0.242 e. The molecule has 4 heterocycles. The minimum Gasteiger partial charge on any atom is -0.437 e. The molecule has 3 aliphatic rings. The second-order valence-electron chi connectivity index (χ2n) is 9.39. The Balaban J connectivity index is 1.23. The van der Waals surface area contributed by atoms with Gasteiger partial charge in [-0.1, -0.05) is 18.2 Å². The average Bonchev–Trinajstić information content (AvgIpc) is 2.90. The van der Waals surface area contributed by atoms with Gasteiger partial charge in [-0.2, -0.15) is 0 Å². The maximum Gasteiger partial charge on any atom is 0.242 e. The number of aromatic nitrogens is 2. The van der Waals surface area contributed by atoms with Gasteiger partial charge in [-0.25, -0.2) is 4.98 Å². The van der Waals surface area contributed by atoms with Crippen LogP contribution in [-0.4, -0.2) is 83.8 Å². The van der Waals surface area contributed by atoms with Crippen LogP contribution >= 0.6 is 0 Å². The predicted octanol–water partition coefficient (Wildman–Crippen LogP) is 3.16. The van der Waals surface area contributed by atoms with Crippen LogP contribution in [0, 0.1) is 6.92 Å². The molecular weight excluding hydrogens is 432 g/mol. The fraction of sp³-hybridized carbons (Fsp3) is 0.577. The molecule has 0 aliphatic carbocycles. The summed E-state index contributed by atoms with van der Waals surface area (Å²) in [5, 5.41) is 0. The first-order valence-electron chi connectivity index (χ1n) is 12.4. The third-order valence-electron chi connectivity index (χ3n) is 7.30. The second-order valence-corrected chi connectivity index (χ2v) is 9.39. The molecule has 0 unspecified atom stereocenters. The molecule has 2 aromatic rings. The van der Waals surface area contributed by atoms with Crippen LogP contribution in [-0.2, 0) is 14.3 Å². The van der Waals surface area contributed by atoms with Crippen molar-refractivity contribution in [1.29, 1.82) is 0 Å². The van der Waals surface area contributed by atoms with E-state index in [1.54, 1.807) is 12.4 Å². The Kier molecular flexibility index (Phi) is 7.37. The van der Waals surface area contributed by atoms with Gasteiger partial charge in [0.25, 0.3) is 0 Å².